The highest BCUT2D eigenvalue weighted by atomic mass is 32.3. The third-order valence-electron chi connectivity index (χ3n) is 2.60. The summed E-state index contributed by atoms with van der Waals surface area (Å²) in [5.41, 5.74) is 0. The molecule has 1 fully saturated rings. The Balaban J connectivity index is 2.69. The highest BCUT2D eigenvalue weighted by Crippen LogP contribution is 2.22. The van der Waals surface area contributed by atoms with Gasteiger partial charge >= 0.3 is 10.2 Å². The van der Waals surface area contributed by atoms with Gasteiger partial charge in [0.05, 0.1) is 0 Å². The SMILES string of the molecule is CC(CCO)N1CC(S(=O)(=O)F)CC1=O. The molecule has 0 spiro atoms. The fourth-order valence-corrected chi connectivity index (χ4v) is 2.34. The number of carbonyl (C=O) groups excluding carboxylic acids is 1. The van der Waals surface area contributed by atoms with Crippen LogP contribution in [-0.4, -0.2) is 48.8 Å². The number of aliphatic hydroxyl groups excluding tert-OH is 1. The molecule has 0 aliphatic carbocycles. The molecule has 1 heterocycles. The summed E-state index contributed by atoms with van der Waals surface area (Å²) < 4.78 is 33.9. The second kappa shape index (κ2) is 4.44. The van der Waals surface area contributed by atoms with E-state index in [1.807, 2.05) is 0 Å². The summed E-state index contributed by atoms with van der Waals surface area (Å²) in [5, 5.41) is 7.43. The molecule has 0 saturated carbocycles. The number of carbonyl (C=O) groups is 1. The fourth-order valence-electron chi connectivity index (χ4n) is 1.65. The number of hydrogen-bond donors (Lipinski definition) is 1. The van der Waals surface area contributed by atoms with E-state index < -0.39 is 15.5 Å². The Hall–Kier alpha value is -0.690. The number of halogens is 1. The second-order valence-electron chi connectivity index (χ2n) is 3.71. The fraction of sp³-hybridized carbons (Fsp3) is 0.875. The van der Waals surface area contributed by atoms with Gasteiger partial charge in [-0.05, 0) is 13.3 Å². The average molecular weight is 239 g/mol. The zero-order valence-electron chi connectivity index (χ0n) is 8.39. The molecule has 5 nitrogen and oxygen atoms in total. The first kappa shape index (κ1) is 12.4. The van der Waals surface area contributed by atoms with Gasteiger partial charge in [0.15, 0.2) is 0 Å². The molecule has 1 N–H and O–H groups in total. The summed E-state index contributed by atoms with van der Waals surface area (Å²) in [7, 11) is -4.64. The molecule has 0 aromatic heterocycles. The van der Waals surface area contributed by atoms with E-state index in [1.165, 1.54) is 4.90 Å². The van der Waals surface area contributed by atoms with E-state index in [-0.39, 0.29) is 31.5 Å². The zero-order valence-corrected chi connectivity index (χ0v) is 9.21. The van der Waals surface area contributed by atoms with Crippen LogP contribution in [0.15, 0.2) is 0 Å². The van der Waals surface area contributed by atoms with Crippen molar-refractivity contribution in [1.29, 1.82) is 0 Å². The molecule has 88 valence electrons. The number of amides is 1. The Bertz CT molecular complexity index is 343. The highest BCUT2D eigenvalue weighted by molar-refractivity contribution is 7.87. The minimum Gasteiger partial charge on any atom is -0.396 e. The van der Waals surface area contributed by atoms with Crippen molar-refractivity contribution < 1.29 is 22.2 Å². The average Bonchev–Trinajstić information content (AvgIpc) is 2.47. The summed E-state index contributed by atoms with van der Waals surface area (Å²) in [6, 6.07) is -0.255. The topological polar surface area (TPSA) is 74.7 Å². The largest absolute Gasteiger partial charge is 0.396 e. The Morgan fingerprint density at radius 1 is 1.67 bits per heavy atom. The van der Waals surface area contributed by atoms with Gasteiger partial charge in [-0.3, -0.25) is 4.79 Å². The molecular weight excluding hydrogens is 225 g/mol. The standard InChI is InChI=1S/C8H14FNO4S/c1-6(2-3-11)10-5-7(4-8(10)12)15(9,13)14/h6-7,11H,2-5H2,1H3. The van der Waals surface area contributed by atoms with E-state index in [1.54, 1.807) is 6.92 Å². The van der Waals surface area contributed by atoms with Gasteiger partial charge in [-0.2, -0.15) is 8.42 Å². The normalized spacial score (nSPS) is 24.6. The van der Waals surface area contributed by atoms with Crippen molar-refractivity contribution in [3.8, 4) is 0 Å². The lowest BCUT2D eigenvalue weighted by atomic mass is 10.2. The summed E-state index contributed by atoms with van der Waals surface area (Å²) >= 11 is 0. The minimum atomic E-state index is -4.64. The molecule has 1 aliphatic rings. The van der Waals surface area contributed by atoms with Crippen LogP contribution in [-0.2, 0) is 15.0 Å². The van der Waals surface area contributed by atoms with E-state index in [4.69, 9.17) is 5.11 Å². The van der Waals surface area contributed by atoms with Crippen molar-refractivity contribution in [2.75, 3.05) is 13.2 Å². The van der Waals surface area contributed by atoms with Crippen LogP contribution in [0, 0.1) is 0 Å². The van der Waals surface area contributed by atoms with E-state index in [0.29, 0.717) is 6.42 Å². The summed E-state index contributed by atoms with van der Waals surface area (Å²) in [5.74, 6) is -0.373. The summed E-state index contributed by atoms with van der Waals surface area (Å²) in [6.07, 6.45) is 0.0688. The maximum absolute atomic E-state index is 12.6. The van der Waals surface area contributed by atoms with E-state index >= 15 is 0 Å². The molecule has 1 amide bonds. The van der Waals surface area contributed by atoms with Crippen molar-refractivity contribution in [3.63, 3.8) is 0 Å². The van der Waals surface area contributed by atoms with Gasteiger partial charge in [-0.25, -0.2) is 0 Å². The predicted molar refractivity (Wildman–Crippen MR) is 51.3 cm³/mol. The predicted octanol–water partition coefficient (Wildman–Crippen LogP) is -0.343. The maximum Gasteiger partial charge on any atom is 0.307 e. The molecule has 0 bridgehead atoms. The molecule has 0 aromatic rings. The Morgan fingerprint density at radius 2 is 2.27 bits per heavy atom. The monoisotopic (exact) mass is 239 g/mol. The van der Waals surface area contributed by atoms with Gasteiger partial charge in [0.1, 0.15) is 5.25 Å². The Kier molecular flexibility index (Phi) is 3.67. The molecule has 2 atom stereocenters. The van der Waals surface area contributed by atoms with Crippen molar-refractivity contribution in [2.24, 2.45) is 0 Å². The third kappa shape index (κ3) is 2.88. The van der Waals surface area contributed by atoms with Crippen molar-refractivity contribution in [2.45, 2.75) is 31.1 Å². The second-order valence-corrected chi connectivity index (χ2v) is 5.33. The Labute approximate surface area is 88.1 Å². The minimum absolute atomic E-state index is 0.0853. The first-order chi connectivity index (χ1) is 6.86. The molecular formula is C8H14FNO4S. The van der Waals surface area contributed by atoms with Gasteiger partial charge < -0.3 is 10.0 Å². The van der Waals surface area contributed by atoms with Crippen LogP contribution in [0.5, 0.6) is 0 Å². The molecule has 7 heteroatoms. The van der Waals surface area contributed by atoms with Crippen LogP contribution >= 0.6 is 0 Å². The first-order valence-electron chi connectivity index (χ1n) is 4.70. The van der Waals surface area contributed by atoms with Gasteiger partial charge in [-0.1, -0.05) is 0 Å². The van der Waals surface area contributed by atoms with Crippen LogP contribution in [0.3, 0.4) is 0 Å². The van der Waals surface area contributed by atoms with E-state index in [2.05, 4.69) is 0 Å². The molecule has 0 radical (unpaired) electrons. The molecule has 1 rings (SSSR count). The van der Waals surface area contributed by atoms with Crippen LogP contribution in [0.1, 0.15) is 19.8 Å². The third-order valence-corrected chi connectivity index (χ3v) is 3.71. The van der Waals surface area contributed by atoms with Gasteiger partial charge in [-0.15, -0.1) is 3.89 Å². The molecule has 15 heavy (non-hydrogen) atoms. The van der Waals surface area contributed by atoms with Crippen molar-refractivity contribution >= 4 is 16.1 Å². The van der Waals surface area contributed by atoms with Crippen LogP contribution < -0.4 is 0 Å². The van der Waals surface area contributed by atoms with Crippen molar-refractivity contribution in [1.82, 2.24) is 4.90 Å². The number of likely N-dealkylation sites (tertiary alicyclic amines) is 1. The number of hydrogen-bond acceptors (Lipinski definition) is 4. The highest BCUT2D eigenvalue weighted by Gasteiger charge is 2.39. The Morgan fingerprint density at radius 3 is 2.67 bits per heavy atom. The summed E-state index contributed by atoms with van der Waals surface area (Å²) in [6.45, 7) is 1.50. The van der Waals surface area contributed by atoms with Crippen molar-refractivity contribution in [3.05, 3.63) is 0 Å². The molecule has 2 unspecified atom stereocenters. The lowest BCUT2D eigenvalue weighted by Crippen LogP contribution is -2.36. The number of aliphatic hydroxyl groups is 1. The molecule has 1 aliphatic heterocycles. The van der Waals surface area contributed by atoms with Gasteiger partial charge in [0.25, 0.3) is 0 Å². The zero-order chi connectivity index (χ0) is 11.6. The van der Waals surface area contributed by atoms with Crippen LogP contribution in [0.4, 0.5) is 3.89 Å². The first-order valence-corrected chi connectivity index (χ1v) is 6.14. The lowest BCUT2D eigenvalue weighted by Gasteiger charge is -2.23. The van der Waals surface area contributed by atoms with Gasteiger partial charge in [0.2, 0.25) is 5.91 Å². The van der Waals surface area contributed by atoms with Crippen LogP contribution in [0.2, 0.25) is 0 Å². The smallest absolute Gasteiger partial charge is 0.307 e. The number of nitrogens with zero attached hydrogens (tertiary/aromatic N) is 1. The molecule has 1 saturated heterocycles. The van der Waals surface area contributed by atoms with Gasteiger partial charge in [0, 0.05) is 25.6 Å². The molecule has 0 aromatic carbocycles. The van der Waals surface area contributed by atoms with E-state index in [9.17, 15) is 17.1 Å². The van der Waals surface area contributed by atoms with Crippen LogP contribution in [0.25, 0.3) is 0 Å². The lowest BCUT2D eigenvalue weighted by molar-refractivity contribution is -0.129. The quantitative estimate of drug-likeness (QED) is 0.681. The number of rotatable bonds is 4. The maximum atomic E-state index is 12.6. The van der Waals surface area contributed by atoms with E-state index in [0.717, 1.165) is 0 Å². The summed E-state index contributed by atoms with van der Waals surface area (Å²) in [4.78, 5) is 12.7.